The van der Waals surface area contributed by atoms with E-state index in [-0.39, 0.29) is 29.1 Å². The van der Waals surface area contributed by atoms with Crippen molar-refractivity contribution in [3.8, 4) is 11.3 Å². The third-order valence-electron chi connectivity index (χ3n) is 4.03. The smallest absolute Gasteiger partial charge is 0.405 e. The lowest BCUT2D eigenvalue weighted by molar-refractivity contribution is -0.118. The van der Waals surface area contributed by atoms with Gasteiger partial charge in [-0.05, 0) is 12.1 Å². The molecule has 10 heteroatoms. The first-order chi connectivity index (χ1) is 13.8. The monoisotopic (exact) mass is 405 g/mol. The molecule has 0 fully saturated rings. The molecule has 3 N–H and O–H groups in total. The normalized spacial score (nSPS) is 12.8. The molecule has 0 bridgehead atoms. The highest BCUT2D eigenvalue weighted by Crippen LogP contribution is 2.33. The number of pyridine rings is 1. The molecule has 8 nitrogen and oxygen atoms in total. The van der Waals surface area contributed by atoms with Crippen molar-refractivity contribution in [1.29, 1.82) is 0 Å². The quantitative estimate of drug-likeness (QED) is 0.616. The lowest BCUT2D eigenvalue weighted by Gasteiger charge is -2.16. The van der Waals surface area contributed by atoms with E-state index >= 15 is 0 Å². The number of amides is 2. The number of nitrogens with zero attached hydrogens (tertiary/aromatic N) is 3. The number of hydrogen-bond donors (Lipinski definition) is 2. The van der Waals surface area contributed by atoms with E-state index in [9.17, 15) is 18.4 Å². The summed E-state index contributed by atoms with van der Waals surface area (Å²) in [5.74, 6) is -0.961. The molecule has 2 amide bonds. The predicted octanol–water partition coefficient (Wildman–Crippen LogP) is 3.81. The number of ether oxygens (including phenoxy) is 1. The first kappa shape index (κ1) is 21.7. The zero-order valence-electron chi connectivity index (χ0n) is 15.7. The van der Waals surface area contributed by atoms with Crippen LogP contribution in [0.15, 0.2) is 49.8 Å². The van der Waals surface area contributed by atoms with Crippen LogP contribution in [0.4, 0.5) is 19.3 Å². The van der Waals surface area contributed by atoms with Gasteiger partial charge in [0.2, 0.25) is 5.91 Å². The second-order valence-electron chi connectivity index (χ2n) is 6.06. The Morgan fingerprint density at radius 3 is 2.72 bits per heavy atom. The maximum atomic E-state index is 13.5. The van der Waals surface area contributed by atoms with Crippen LogP contribution < -0.4 is 11.1 Å². The van der Waals surface area contributed by atoms with Gasteiger partial charge in [0.25, 0.3) is 0 Å². The molecule has 0 aliphatic carbocycles. The molecule has 0 saturated carbocycles. The van der Waals surface area contributed by atoms with Crippen molar-refractivity contribution in [2.75, 3.05) is 5.32 Å². The second kappa shape index (κ2) is 9.58. The number of rotatable bonds is 9. The highest BCUT2D eigenvalue weighted by Gasteiger charge is 2.23. The van der Waals surface area contributed by atoms with E-state index in [1.165, 1.54) is 30.5 Å². The van der Waals surface area contributed by atoms with Gasteiger partial charge < -0.3 is 15.8 Å². The van der Waals surface area contributed by atoms with E-state index in [1.807, 2.05) is 0 Å². The Hall–Kier alpha value is -3.56. The fourth-order valence-electron chi connectivity index (χ4n) is 2.54. The van der Waals surface area contributed by atoms with Gasteiger partial charge in [-0.2, -0.15) is 13.9 Å². The largest absolute Gasteiger partial charge is 0.440 e. The van der Waals surface area contributed by atoms with Crippen LogP contribution in [0.25, 0.3) is 11.3 Å². The number of nitrogens with one attached hydrogen (secondary N) is 1. The fraction of sp³-hybridized carbons (Fsp3) is 0.263. The van der Waals surface area contributed by atoms with E-state index in [1.54, 1.807) is 6.92 Å². The summed E-state index contributed by atoms with van der Waals surface area (Å²) in [5.41, 5.74) is 5.72. The van der Waals surface area contributed by atoms with Crippen molar-refractivity contribution < 1.29 is 23.1 Å². The van der Waals surface area contributed by atoms with Gasteiger partial charge >= 0.3 is 12.6 Å². The third kappa shape index (κ3) is 5.24. The number of alkyl halides is 2. The number of halogens is 2. The molecule has 2 rings (SSSR count). The molecule has 29 heavy (non-hydrogen) atoms. The number of carbonyl (C=O) groups excluding carboxylic acids is 2. The third-order valence-corrected chi connectivity index (χ3v) is 4.03. The Kier molecular flexibility index (Phi) is 7.18. The molecule has 154 valence electrons. The zero-order chi connectivity index (χ0) is 21.6. The van der Waals surface area contributed by atoms with Crippen molar-refractivity contribution in [3.63, 3.8) is 0 Å². The second-order valence-corrected chi connectivity index (χ2v) is 6.06. The van der Waals surface area contributed by atoms with Gasteiger partial charge in [0.15, 0.2) is 0 Å². The molecule has 2 heterocycles. The van der Waals surface area contributed by atoms with E-state index in [0.29, 0.717) is 4.68 Å². The standard InChI is InChI=1S/C19H21F2N5O3/c1-4-6-15(29-19(22)28)13-9-12(7-8-23-13)16-14(10-24-26(16)18(20)21)25-17(27)11(3)5-2/h4-5,7-11,15,18H,1-2,6H2,3H3,(H2,22,28)(H,25,27). The van der Waals surface area contributed by atoms with Gasteiger partial charge in [0.05, 0.1) is 29.2 Å². The highest BCUT2D eigenvalue weighted by atomic mass is 19.3. The van der Waals surface area contributed by atoms with E-state index < -0.39 is 30.6 Å². The van der Waals surface area contributed by atoms with Crippen LogP contribution >= 0.6 is 0 Å². The number of aromatic nitrogens is 3. The lowest BCUT2D eigenvalue weighted by atomic mass is 10.1. The molecule has 2 aromatic heterocycles. The Balaban J connectivity index is 2.51. The molecular formula is C19H21F2N5O3. The summed E-state index contributed by atoms with van der Waals surface area (Å²) in [6, 6.07) is 2.93. The molecule has 0 aliphatic rings. The first-order valence-corrected chi connectivity index (χ1v) is 8.60. The number of primary amides is 1. The number of hydrogen-bond acceptors (Lipinski definition) is 5. The minimum Gasteiger partial charge on any atom is -0.440 e. The molecule has 0 saturated heterocycles. The van der Waals surface area contributed by atoms with Gasteiger partial charge in [-0.3, -0.25) is 9.78 Å². The van der Waals surface area contributed by atoms with Gasteiger partial charge in [0.1, 0.15) is 6.10 Å². The summed E-state index contributed by atoms with van der Waals surface area (Å²) in [6.45, 7) is 5.79. The lowest BCUT2D eigenvalue weighted by Crippen LogP contribution is -2.19. The van der Waals surface area contributed by atoms with Crippen LogP contribution in [0.2, 0.25) is 0 Å². The van der Waals surface area contributed by atoms with Crippen LogP contribution in [0.3, 0.4) is 0 Å². The average Bonchev–Trinajstić information content (AvgIpc) is 3.10. The fourth-order valence-corrected chi connectivity index (χ4v) is 2.54. The maximum absolute atomic E-state index is 13.5. The highest BCUT2D eigenvalue weighted by molar-refractivity contribution is 5.96. The summed E-state index contributed by atoms with van der Waals surface area (Å²) in [7, 11) is 0. The summed E-state index contributed by atoms with van der Waals surface area (Å²) < 4.78 is 32.5. The van der Waals surface area contributed by atoms with Crippen molar-refractivity contribution in [2.24, 2.45) is 11.7 Å². The van der Waals surface area contributed by atoms with Crippen molar-refractivity contribution in [3.05, 3.63) is 55.5 Å². The maximum Gasteiger partial charge on any atom is 0.405 e. The minimum atomic E-state index is -2.95. The summed E-state index contributed by atoms with van der Waals surface area (Å²) in [6.07, 6.45) is 3.81. The summed E-state index contributed by atoms with van der Waals surface area (Å²) in [5, 5.41) is 6.25. The summed E-state index contributed by atoms with van der Waals surface area (Å²) in [4.78, 5) is 27.5. The molecule has 0 aliphatic heterocycles. The zero-order valence-corrected chi connectivity index (χ0v) is 15.7. The van der Waals surface area contributed by atoms with E-state index in [2.05, 4.69) is 28.6 Å². The molecule has 0 radical (unpaired) electrons. The van der Waals surface area contributed by atoms with Crippen LogP contribution in [-0.4, -0.2) is 26.8 Å². The van der Waals surface area contributed by atoms with Gasteiger partial charge in [-0.15, -0.1) is 13.2 Å². The number of nitrogens with two attached hydrogens (primary N) is 1. The minimum absolute atomic E-state index is 0.0234. The van der Waals surface area contributed by atoms with Crippen molar-refractivity contribution >= 4 is 17.7 Å². The van der Waals surface area contributed by atoms with E-state index in [4.69, 9.17) is 10.5 Å². The van der Waals surface area contributed by atoms with Crippen LogP contribution in [-0.2, 0) is 9.53 Å². The summed E-state index contributed by atoms with van der Waals surface area (Å²) >= 11 is 0. The van der Waals surface area contributed by atoms with Crippen LogP contribution in [0.1, 0.15) is 31.7 Å². The van der Waals surface area contributed by atoms with Gasteiger partial charge in [-0.1, -0.05) is 19.1 Å². The molecule has 0 aromatic carbocycles. The van der Waals surface area contributed by atoms with Crippen molar-refractivity contribution in [2.45, 2.75) is 26.0 Å². The first-order valence-electron chi connectivity index (χ1n) is 8.60. The topological polar surface area (TPSA) is 112 Å². The van der Waals surface area contributed by atoms with Crippen LogP contribution in [0.5, 0.6) is 0 Å². The Bertz CT molecular complexity index is 913. The Morgan fingerprint density at radius 1 is 1.41 bits per heavy atom. The van der Waals surface area contributed by atoms with Gasteiger partial charge in [-0.25, -0.2) is 9.48 Å². The molecule has 2 atom stereocenters. The predicted molar refractivity (Wildman–Crippen MR) is 103 cm³/mol. The molecule has 0 spiro atoms. The van der Waals surface area contributed by atoms with Gasteiger partial charge in [0, 0.05) is 18.2 Å². The van der Waals surface area contributed by atoms with E-state index in [0.717, 1.165) is 6.20 Å². The van der Waals surface area contributed by atoms with Crippen LogP contribution in [0, 0.1) is 5.92 Å². The Morgan fingerprint density at radius 2 is 2.14 bits per heavy atom. The number of anilines is 1. The Labute approximate surface area is 166 Å². The molecule has 2 unspecified atom stereocenters. The average molecular weight is 405 g/mol. The number of carbonyl (C=O) groups is 2. The van der Waals surface area contributed by atoms with Crippen molar-refractivity contribution in [1.82, 2.24) is 14.8 Å². The molecule has 2 aromatic rings. The SMILES string of the molecule is C=CCC(OC(N)=O)c1cc(-c2c(NC(=O)C(C)C=C)cnn2C(F)F)ccn1. The molecular weight excluding hydrogens is 384 g/mol.